The fraction of sp³-hybridized carbons (Fsp3) is 0.300. The van der Waals surface area contributed by atoms with E-state index in [-0.39, 0.29) is 18.7 Å². The molecule has 2 aromatic rings. The van der Waals surface area contributed by atoms with Crippen molar-refractivity contribution < 1.29 is 23.5 Å². The number of hydrogen-bond donors (Lipinski definition) is 1. The number of rotatable bonds is 7. The van der Waals surface area contributed by atoms with Gasteiger partial charge < -0.3 is 14.8 Å². The Morgan fingerprint density at radius 2 is 1.92 bits per heavy atom. The Balaban J connectivity index is 1.89. The van der Waals surface area contributed by atoms with E-state index in [9.17, 15) is 14.0 Å². The summed E-state index contributed by atoms with van der Waals surface area (Å²) in [5, 5.41) is 2.69. The third-order valence-electron chi connectivity index (χ3n) is 3.85. The highest BCUT2D eigenvalue weighted by atomic mass is 19.1. The van der Waals surface area contributed by atoms with Crippen molar-refractivity contribution in [1.82, 2.24) is 0 Å². The summed E-state index contributed by atoms with van der Waals surface area (Å²) in [6, 6.07) is 11.6. The molecular formula is C20H22FNO4. The summed E-state index contributed by atoms with van der Waals surface area (Å²) in [7, 11) is 1.51. The normalized spacial score (nSPS) is 11.5. The Morgan fingerprint density at radius 1 is 1.19 bits per heavy atom. The molecule has 0 saturated heterocycles. The molecule has 0 saturated carbocycles. The predicted molar refractivity (Wildman–Crippen MR) is 96.6 cm³/mol. The van der Waals surface area contributed by atoms with Crippen molar-refractivity contribution in [2.24, 2.45) is 0 Å². The lowest BCUT2D eigenvalue weighted by atomic mass is 10.1. The molecule has 0 bridgehead atoms. The third kappa shape index (κ3) is 5.31. The summed E-state index contributed by atoms with van der Waals surface area (Å²) in [4.78, 5) is 24.2. The van der Waals surface area contributed by atoms with Gasteiger partial charge in [0.15, 0.2) is 6.10 Å². The molecule has 26 heavy (non-hydrogen) atoms. The van der Waals surface area contributed by atoms with Gasteiger partial charge in [0.05, 0.1) is 12.8 Å². The standard InChI is InChI=1S/C20H22FNO4/c1-13-8-10-18(25-3)17(12-13)22-20(24)14(2)26-19(23)11-9-15-6-4-5-7-16(15)21/h4-8,10,12,14H,9,11H2,1-3H3,(H,22,24)/t14-/m1/s1. The number of esters is 1. The van der Waals surface area contributed by atoms with Gasteiger partial charge in [-0.3, -0.25) is 9.59 Å². The van der Waals surface area contributed by atoms with Crippen molar-refractivity contribution in [3.8, 4) is 5.75 Å². The van der Waals surface area contributed by atoms with Crippen LogP contribution in [-0.4, -0.2) is 25.1 Å². The van der Waals surface area contributed by atoms with Gasteiger partial charge in [-0.2, -0.15) is 0 Å². The number of carbonyl (C=O) groups excluding carboxylic acids is 2. The molecule has 0 aliphatic heterocycles. The highest BCUT2D eigenvalue weighted by molar-refractivity contribution is 5.96. The van der Waals surface area contributed by atoms with Crippen LogP contribution in [0.4, 0.5) is 10.1 Å². The number of methoxy groups -OCH3 is 1. The Bertz CT molecular complexity index is 791. The maximum atomic E-state index is 13.5. The van der Waals surface area contributed by atoms with Gasteiger partial charge in [0, 0.05) is 6.42 Å². The zero-order chi connectivity index (χ0) is 19.1. The largest absolute Gasteiger partial charge is 0.495 e. The van der Waals surface area contributed by atoms with E-state index >= 15 is 0 Å². The number of nitrogens with one attached hydrogen (secondary N) is 1. The van der Waals surface area contributed by atoms with Gasteiger partial charge in [-0.05, 0) is 49.6 Å². The van der Waals surface area contributed by atoms with E-state index in [1.807, 2.05) is 13.0 Å². The SMILES string of the molecule is COc1ccc(C)cc1NC(=O)[C@@H](C)OC(=O)CCc1ccccc1F. The molecule has 0 fully saturated rings. The van der Waals surface area contributed by atoms with Crippen molar-refractivity contribution in [2.45, 2.75) is 32.8 Å². The summed E-state index contributed by atoms with van der Waals surface area (Å²) >= 11 is 0. The summed E-state index contributed by atoms with van der Waals surface area (Å²) in [6.07, 6.45) is -0.772. The molecule has 0 heterocycles. The predicted octanol–water partition coefficient (Wildman–Crippen LogP) is 3.65. The van der Waals surface area contributed by atoms with E-state index in [1.54, 1.807) is 30.3 Å². The van der Waals surface area contributed by atoms with Crippen LogP contribution in [0, 0.1) is 12.7 Å². The van der Waals surface area contributed by atoms with E-state index in [4.69, 9.17) is 9.47 Å². The molecule has 2 aromatic carbocycles. The van der Waals surface area contributed by atoms with Crippen molar-refractivity contribution in [2.75, 3.05) is 12.4 Å². The summed E-state index contributed by atoms with van der Waals surface area (Å²) in [6.45, 7) is 3.37. The third-order valence-corrected chi connectivity index (χ3v) is 3.85. The second kappa shape index (κ2) is 8.99. The number of carbonyl (C=O) groups is 2. The number of hydrogen-bond acceptors (Lipinski definition) is 4. The number of halogens is 1. The summed E-state index contributed by atoms with van der Waals surface area (Å²) < 4.78 is 23.9. The van der Waals surface area contributed by atoms with E-state index in [2.05, 4.69) is 5.32 Å². The van der Waals surface area contributed by atoms with Crippen molar-refractivity contribution >= 4 is 17.6 Å². The fourth-order valence-electron chi connectivity index (χ4n) is 2.40. The van der Waals surface area contributed by atoms with E-state index in [0.717, 1.165) is 5.56 Å². The lowest BCUT2D eigenvalue weighted by molar-refractivity contribution is -0.153. The Hall–Kier alpha value is -2.89. The Kier molecular flexibility index (Phi) is 6.72. The molecule has 0 unspecified atom stereocenters. The summed E-state index contributed by atoms with van der Waals surface area (Å²) in [5.41, 5.74) is 1.90. The van der Waals surface area contributed by atoms with Crippen molar-refractivity contribution in [3.63, 3.8) is 0 Å². The minimum atomic E-state index is -0.978. The molecule has 0 spiro atoms. The molecule has 6 heteroatoms. The minimum Gasteiger partial charge on any atom is -0.495 e. The first kappa shape index (κ1) is 19.4. The highest BCUT2D eigenvalue weighted by Gasteiger charge is 2.19. The number of amides is 1. The molecule has 0 aliphatic carbocycles. The molecule has 0 radical (unpaired) electrons. The maximum absolute atomic E-state index is 13.5. The highest BCUT2D eigenvalue weighted by Crippen LogP contribution is 2.25. The molecule has 138 valence electrons. The van der Waals surface area contributed by atoms with Gasteiger partial charge in [0.2, 0.25) is 0 Å². The monoisotopic (exact) mass is 359 g/mol. The second-order valence-electron chi connectivity index (χ2n) is 5.92. The lowest BCUT2D eigenvalue weighted by Crippen LogP contribution is -2.30. The quantitative estimate of drug-likeness (QED) is 0.767. The van der Waals surface area contributed by atoms with Crippen molar-refractivity contribution in [3.05, 3.63) is 59.4 Å². The lowest BCUT2D eigenvalue weighted by Gasteiger charge is -2.15. The minimum absolute atomic E-state index is 0.00762. The van der Waals surface area contributed by atoms with Crippen LogP contribution >= 0.6 is 0 Å². The molecule has 1 atom stereocenters. The van der Waals surface area contributed by atoms with E-state index in [1.165, 1.54) is 20.1 Å². The van der Waals surface area contributed by atoms with Gasteiger partial charge in [-0.15, -0.1) is 0 Å². The van der Waals surface area contributed by atoms with Gasteiger partial charge in [0.1, 0.15) is 11.6 Å². The number of benzene rings is 2. The van der Waals surface area contributed by atoms with Crippen LogP contribution in [0.3, 0.4) is 0 Å². The Morgan fingerprint density at radius 3 is 2.62 bits per heavy atom. The molecule has 0 aliphatic rings. The smallest absolute Gasteiger partial charge is 0.306 e. The molecule has 2 rings (SSSR count). The first-order valence-electron chi connectivity index (χ1n) is 8.29. The van der Waals surface area contributed by atoms with Crippen LogP contribution in [0.2, 0.25) is 0 Å². The zero-order valence-corrected chi connectivity index (χ0v) is 15.0. The first-order valence-corrected chi connectivity index (χ1v) is 8.29. The van der Waals surface area contributed by atoms with Gasteiger partial charge in [0.25, 0.3) is 5.91 Å². The van der Waals surface area contributed by atoms with Crippen LogP contribution < -0.4 is 10.1 Å². The average Bonchev–Trinajstić information content (AvgIpc) is 2.61. The first-order chi connectivity index (χ1) is 12.4. The van der Waals surface area contributed by atoms with Crippen LogP contribution in [0.15, 0.2) is 42.5 Å². The van der Waals surface area contributed by atoms with Crippen molar-refractivity contribution in [1.29, 1.82) is 0 Å². The number of anilines is 1. The topological polar surface area (TPSA) is 64.6 Å². The van der Waals surface area contributed by atoms with Gasteiger partial charge in [-0.1, -0.05) is 24.3 Å². The second-order valence-corrected chi connectivity index (χ2v) is 5.92. The molecule has 0 aromatic heterocycles. The Labute approximate surface area is 152 Å². The average molecular weight is 359 g/mol. The number of ether oxygens (including phenoxy) is 2. The van der Waals surface area contributed by atoms with Crippen LogP contribution in [0.25, 0.3) is 0 Å². The van der Waals surface area contributed by atoms with E-state index in [0.29, 0.717) is 17.0 Å². The fourth-order valence-corrected chi connectivity index (χ4v) is 2.40. The number of aryl methyl sites for hydroxylation is 2. The summed E-state index contributed by atoms with van der Waals surface area (Å²) in [5.74, 6) is -0.875. The molecule has 1 N–H and O–H groups in total. The molecular weight excluding hydrogens is 337 g/mol. The van der Waals surface area contributed by atoms with E-state index < -0.39 is 18.0 Å². The van der Waals surface area contributed by atoms with Crippen LogP contribution in [0.1, 0.15) is 24.5 Å². The van der Waals surface area contributed by atoms with Crippen LogP contribution in [-0.2, 0) is 20.7 Å². The zero-order valence-electron chi connectivity index (χ0n) is 15.0. The molecule has 5 nitrogen and oxygen atoms in total. The van der Waals surface area contributed by atoms with Gasteiger partial charge in [-0.25, -0.2) is 4.39 Å². The van der Waals surface area contributed by atoms with Crippen LogP contribution in [0.5, 0.6) is 5.75 Å². The molecule has 1 amide bonds. The van der Waals surface area contributed by atoms with Gasteiger partial charge >= 0.3 is 5.97 Å². The maximum Gasteiger partial charge on any atom is 0.306 e.